The summed E-state index contributed by atoms with van der Waals surface area (Å²) in [5, 5.41) is 22.7. The van der Waals surface area contributed by atoms with Crippen molar-refractivity contribution in [1.82, 2.24) is 26.6 Å². The minimum Gasteiger partial charge on any atom is -0.394 e. The van der Waals surface area contributed by atoms with Gasteiger partial charge in [-0.05, 0) is 29.6 Å². The van der Waals surface area contributed by atoms with Crippen LogP contribution in [-0.4, -0.2) is 83.4 Å². The molecule has 0 rings (SSSR count). The molecule has 10 N–H and O–H groups in total. The first-order chi connectivity index (χ1) is 19.3. The first kappa shape index (κ1) is 38.7. The number of nitrogens with one attached hydrogen (secondary N) is 5. The van der Waals surface area contributed by atoms with E-state index in [0.29, 0.717) is 0 Å². The van der Waals surface area contributed by atoms with E-state index >= 15 is 0 Å². The van der Waals surface area contributed by atoms with Crippen molar-refractivity contribution < 1.29 is 33.9 Å². The van der Waals surface area contributed by atoms with Gasteiger partial charge < -0.3 is 43.2 Å². The fourth-order valence-electron chi connectivity index (χ4n) is 3.92. The van der Waals surface area contributed by atoms with E-state index < -0.39 is 90.1 Å². The molecule has 0 aromatic carbocycles. The lowest BCUT2D eigenvalue weighted by Gasteiger charge is -2.30. The number of hydrogen-bond acceptors (Lipinski definition) is 8. The fourth-order valence-corrected chi connectivity index (χ4v) is 3.92. The van der Waals surface area contributed by atoms with Gasteiger partial charge in [0.1, 0.15) is 30.2 Å². The van der Waals surface area contributed by atoms with Gasteiger partial charge in [0.2, 0.25) is 35.4 Å². The van der Waals surface area contributed by atoms with Crippen molar-refractivity contribution >= 4 is 35.4 Å². The number of amides is 6. The van der Waals surface area contributed by atoms with Crippen LogP contribution in [0.1, 0.15) is 69.2 Å². The standard InChI is InChI=1S/C28H53N7O7/c1-12(2)18(29)25(39)34-22(16(9)10)28(42)35-20(14(5)6)26(40)31-17(11-36)24(38)33-21(15(7)8)27(41)32-19(13(3)4)23(30)37/h12-22,36H,11,29H2,1-10H3,(H2,30,37)(H,31,40)(H,32,41)(H,33,38)(H,34,39)(H,35,42)/t17-,18-,19-,20-,21-,22-/m0/s1. The van der Waals surface area contributed by atoms with E-state index in [4.69, 9.17) is 11.5 Å². The summed E-state index contributed by atoms with van der Waals surface area (Å²) < 4.78 is 0. The van der Waals surface area contributed by atoms with Gasteiger partial charge in [-0.2, -0.15) is 0 Å². The van der Waals surface area contributed by atoms with Crippen molar-refractivity contribution in [1.29, 1.82) is 0 Å². The molecule has 0 heterocycles. The molecule has 0 saturated heterocycles. The van der Waals surface area contributed by atoms with Gasteiger partial charge in [-0.15, -0.1) is 0 Å². The lowest BCUT2D eigenvalue weighted by atomic mass is 9.98. The van der Waals surface area contributed by atoms with Crippen molar-refractivity contribution in [3.8, 4) is 0 Å². The number of carbonyl (C=O) groups excluding carboxylic acids is 6. The SMILES string of the molecule is CC(C)[C@H](N)C(=O)N[C@H](C(=O)N[C@H](C(=O)N[C@@H](CO)C(=O)N[C@H](C(=O)N[C@H](C(N)=O)C(C)C)C(C)C)C(C)C)C(C)C. The maximum atomic E-state index is 13.2. The summed E-state index contributed by atoms with van der Waals surface area (Å²) in [5.74, 6) is -5.71. The number of hydrogen-bond donors (Lipinski definition) is 8. The highest BCUT2D eigenvalue weighted by atomic mass is 16.3. The Bertz CT molecular complexity index is 953. The van der Waals surface area contributed by atoms with Crippen LogP contribution in [0.3, 0.4) is 0 Å². The molecule has 0 saturated carbocycles. The third-order valence-electron chi connectivity index (χ3n) is 6.85. The summed E-state index contributed by atoms with van der Waals surface area (Å²) in [6.45, 7) is 16.3. The zero-order valence-corrected chi connectivity index (χ0v) is 26.6. The van der Waals surface area contributed by atoms with Crippen LogP contribution >= 0.6 is 0 Å². The molecule has 0 spiro atoms. The Balaban J connectivity index is 5.69. The van der Waals surface area contributed by atoms with Gasteiger partial charge in [0.05, 0.1) is 12.6 Å². The van der Waals surface area contributed by atoms with Crippen LogP contribution in [0.4, 0.5) is 0 Å². The van der Waals surface area contributed by atoms with Crippen molar-refractivity contribution in [2.24, 2.45) is 41.1 Å². The molecule has 242 valence electrons. The van der Waals surface area contributed by atoms with Crippen LogP contribution in [-0.2, 0) is 28.8 Å². The Morgan fingerprint density at radius 1 is 0.500 bits per heavy atom. The Morgan fingerprint density at radius 3 is 1.12 bits per heavy atom. The van der Waals surface area contributed by atoms with Crippen LogP contribution in [0.2, 0.25) is 0 Å². The van der Waals surface area contributed by atoms with Gasteiger partial charge in [-0.25, -0.2) is 0 Å². The molecular formula is C28H53N7O7. The van der Waals surface area contributed by atoms with Crippen LogP contribution in [0.5, 0.6) is 0 Å². The number of rotatable bonds is 17. The molecule has 0 fully saturated rings. The van der Waals surface area contributed by atoms with Gasteiger partial charge in [-0.3, -0.25) is 28.8 Å². The lowest BCUT2D eigenvalue weighted by molar-refractivity contribution is -0.137. The highest BCUT2D eigenvalue weighted by molar-refractivity contribution is 5.96. The quantitative estimate of drug-likeness (QED) is 0.0976. The number of carbonyl (C=O) groups is 6. The Morgan fingerprint density at radius 2 is 0.810 bits per heavy atom. The summed E-state index contributed by atoms with van der Waals surface area (Å²) >= 11 is 0. The number of aliphatic hydroxyl groups excluding tert-OH is 1. The van der Waals surface area contributed by atoms with E-state index in [1.807, 2.05) is 0 Å². The van der Waals surface area contributed by atoms with E-state index in [0.717, 1.165) is 0 Å². The average molecular weight is 600 g/mol. The van der Waals surface area contributed by atoms with E-state index in [1.54, 1.807) is 69.2 Å². The minimum absolute atomic E-state index is 0.155. The zero-order valence-electron chi connectivity index (χ0n) is 26.6. The monoisotopic (exact) mass is 599 g/mol. The number of primary amides is 1. The Kier molecular flexibility index (Phi) is 16.3. The zero-order chi connectivity index (χ0) is 33.1. The lowest BCUT2D eigenvalue weighted by Crippen LogP contribution is -2.62. The summed E-state index contributed by atoms with van der Waals surface area (Å²) in [6.07, 6.45) is 0. The second kappa shape index (κ2) is 17.6. The minimum atomic E-state index is -1.45. The summed E-state index contributed by atoms with van der Waals surface area (Å²) in [6, 6.07) is -6.43. The van der Waals surface area contributed by atoms with E-state index in [1.165, 1.54) is 0 Å². The topological polar surface area (TPSA) is 235 Å². The highest BCUT2D eigenvalue weighted by Crippen LogP contribution is 2.10. The molecule has 6 amide bonds. The molecule has 0 radical (unpaired) electrons. The van der Waals surface area contributed by atoms with E-state index in [2.05, 4.69) is 26.6 Å². The largest absolute Gasteiger partial charge is 0.394 e. The van der Waals surface area contributed by atoms with E-state index in [9.17, 15) is 33.9 Å². The molecule has 0 unspecified atom stereocenters. The molecule has 6 atom stereocenters. The van der Waals surface area contributed by atoms with Gasteiger partial charge in [0.15, 0.2) is 0 Å². The average Bonchev–Trinajstić information content (AvgIpc) is 2.88. The third kappa shape index (κ3) is 11.9. The smallest absolute Gasteiger partial charge is 0.245 e. The van der Waals surface area contributed by atoms with Gasteiger partial charge in [0, 0.05) is 0 Å². The van der Waals surface area contributed by atoms with Gasteiger partial charge in [0.25, 0.3) is 0 Å². The first-order valence-electron chi connectivity index (χ1n) is 14.4. The predicted molar refractivity (Wildman–Crippen MR) is 158 cm³/mol. The fraction of sp³-hybridized carbons (Fsp3) is 0.786. The first-order valence-corrected chi connectivity index (χ1v) is 14.4. The summed E-state index contributed by atoms with van der Waals surface area (Å²) in [7, 11) is 0. The normalized spacial score (nSPS) is 15.9. The number of nitrogens with two attached hydrogens (primary N) is 2. The second-order valence-electron chi connectivity index (χ2n) is 12.3. The van der Waals surface area contributed by atoms with Crippen molar-refractivity contribution in [2.75, 3.05) is 6.61 Å². The van der Waals surface area contributed by atoms with Gasteiger partial charge >= 0.3 is 0 Å². The van der Waals surface area contributed by atoms with Crippen molar-refractivity contribution in [3.05, 3.63) is 0 Å². The number of aliphatic hydroxyl groups is 1. The third-order valence-corrected chi connectivity index (χ3v) is 6.85. The van der Waals surface area contributed by atoms with Crippen molar-refractivity contribution in [3.63, 3.8) is 0 Å². The predicted octanol–water partition coefficient (Wildman–Crippen LogP) is -1.50. The molecule has 0 aliphatic rings. The molecular weight excluding hydrogens is 546 g/mol. The highest BCUT2D eigenvalue weighted by Gasteiger charge is 2.35. The second-order valence-corrected chi connectivity index (χ2v) is 12.3. The maximum absolute atomic E-state index is 13.2. The van der Waals surface area contributed by atoms with Crippen LogP contribution in [0.25, 0.3) is 0 Å². The van der Waals surface area contributed by atoms with Crippen LogP contribution in [0, 0.1) is 29.6 Å². The molecule has 0 aliphatic heterocycles. The Labute approximate surface area is 249 Å². The van der Waals surface area contributed by atoms with Crippen LogP contribution in [0.15, 0.2) is 0 Å². The van der Waals surface area contributed by atoms with Crippen molar-refractivity contribution in [2.45, 2.75) is 105 Å². The van der Waals surface area contributed by atoms with Crippen LogP contribution < -0.4 is 38.1 Å². The van der Waals surface area contributed by atoms with E-state index in [-0.39, 0.29) is 17.8 Å². The molecule has 0 aromatic rings. The summed E-state index contributed by atoms with van der Waals surface area (Å²) in [5.41, 5.74) is 11.3. The molecule has 14 heteroatoms. The molecule has 0 aliphatic carbocycles. The summed E-state index contributed by atoms with van der Waals surface area (Å²) in [4.78, 5) is 76.5. The molecule has 0 bridgehead atoms. The molecule has 42 heavy (non-hydrogen) atoms. The Hall–Kier alpha value is -3.26. The molecule has 14 nitrogen and oxygen atoms in total. The van der Waals surface area contributed by atoms with Gasteiger partial charge in [-0.1, -0.05) is 69.2 Å². The maximum Gasteiger partial charge on any atom is 0.245 e. The molecule has 0 aromatic heterocycles.